The third-order valence-electron chi connectivity index (χ3n) is 2.67. The standard InChI is InChI=1S/C12H23N3O2S/c1-3-5-13-11-12-14-6-7-15(12)8-10-18(16,17)9-4-2/h6-7,13H,3-5,8-11H2,1-2H3. The van der Waals surface area contributed by atoms with Crippen molar-refractivity contribution in [1.29, 1.82) is 0 Å². The van der Waals surface area contributed by atoms with Gasteiger partial charge in [0.25, 0.3) is 0 Å². The van der Waals surface area contributed by atoms with Gasteiger partial charge < -0.3 is 9.88 Å². The zero-order valence-electron chi connectivity index (χ0n) is 11.2. The van der Waals surface area contributed by atoms with E-state index in [9.17, 15) is 8.42 Å². The number of hydrogen-bond donors (Lipinski definition) is 1. The zero-order valence-corrected chi connectivity index (χ0v) is 12.0. The molecule has 0 aliphatic carbocycles. The van der Waals surface area contributed by atoms with Gasteiger partial charge in [0.1, 0.15) is 5.82 Å². The van der Waals surface area contributed by atoms with Crippen molar-refractivity contribution in [2.45, 2.75) is 39.8 Å². The Kier molecular flexibility index (Phi) is 6.35. The van der Waals surface area contributed by atoms with Crippen LogP contribution in [0.4, 0.5) is 0 Å². The van der Waals surface area contributed by atoms with Crippen molar-refractivity contribution < 1.29 is 8.42 Å². The molecular formula is C12H23N3O2S. The lowest BCUT2D eigenvalue weighted by atomic mass is 10.4. The van der Waals surface area contributed by atoms with Crippen molar-refractivity contribution in [3.05, 3.63) is 18.2 Å². The highest BCUT2D eigenvalue weighted by Gasteiger charge is 2.10. The van der Waals surface area contributed by atoms with E-state index in [1.54, 1.807) is 6.20 Å². The van der Waals surface area contributed by atoms with Crippen molar-refractivity contribution >= 4 is 9.84 Å². The summed E-state index contributed by atoms with van der Waals surface area (Å²) in [5.74, 6) is 1.36. The molecule has 0 saturated carbocycles. The van der Waals surface area contributed by atoms with Crippen LogP contribution in [0.15, 0.2) is 12.4 Å². The van der Waals surface area contributed by atoms with Gasteiger partial charge in [0, 0.05) is 24.7 Å². The molecule has 1 aromatic rings. The number of aryl methyl sites for hydroxylation is 1. The average molecular weight is 273 g/mol. The van der Waals surface area contributed by atoms with Gasteiger partial charge in [-0.2, -0.15) is 0 Å². The minimum atomic E-state index is -2.92. The van der Waals surface area contributed by atoms with Crippen molar-refractivity contribution in [2.24, 2.45) is 0 Å². The Morgan fingerprint density at radius 3 is 2.72 bits per heavy atom. The van der Waals surface area contributed by atoms with E-state index in [-0.39, 0.29) is 11.5 Å². The van der Waals surface area contributed by atoms with E-state index in [4.69, 9.17) is 0 Å². The van der Waals surface area contributed by atoms with Gasteiger partial charge in [-0.25, -0.2) is 13.4 Å². The molecule has 18 heavy (non-hydrogen) atoms. The molecule has 1 N–H and O–H groups in total. The summed E-state index contributed by atoms with van der Waals surface area (Å²) in [6.45, 7) is 6.12. The van der Waals surface area contributed by atoms with Crippen LogP contribution in [0.3, 0.4) is 0 Å². The third kappa shape index (κ3) is 5.18. The average Bonchev–Trinajstić information content (AvgIpc) is 2.75. The van der Waals surface area contributed by atoms with E-state index in [1.807, 2.05) is 17.7 Å². The molecule has 5 nitrogen and oxygen atoms in total. The molecule has 0 atom stereocenters. The second-order valence-electron chi connectivity index (χ2n) is 4.37. The van der Waals surface area contributed by atoms with Crippen LogP contribution >= 0.6 is 0 Å². The summed E-state index contributed by atoms with van der Waals surface area (Å²) in [7, 11) is -2.92. The lowest BCUT2D eigenvalue weighted by Crippen LogP contribution is -2.20. The van der Waals surface area contributed by atoms with Crippen LogP contribution in [-0.4, -0.2) is 36.0 Å². The first-order valence-corrected chi connectivity index (χ1v) is 8.32. The number of sulfone groups is 1. The maximum atomic E-state index is 11.6. The van der Waals surface area contributed by atoms with Gasteiger partial charge in [-0.05, 0) is 19.4 Å². The van der Waals surface area contributed by atoms with Crippen molar-refractivity contribution in [2.75, 3.05) is 18.1 Å². The smallest absolute Gasteiger partial charge is 0.152 e. The minimum Gasteiger partial charge on any atom is -0.333 e. The predicted molar refractivity (Wildman–Crippen MR) is 73.2 cm³/mol. The summed E-state index contributed by atoms with van der Waals surface area (Å²) < 4.78 is 25.2. The summed E-state index contributed by atoms with van der Waals surface area (Å²) in [5, 5.41) is 3.27. The Labute approximate surface area is 110 Å². The quantitative estimate of drug-likeness (QED) is 0.687. The molecule has 0 aromatic carbocycles. The third-order valence-corrected chi connectivity index (χ3v) is 4.50. The van der Waals surface area contributed by atoms with Gasteiger partial charge in [-0.3, -0.25) is 0 Å². The Balaban J connectivity index is 2.50. The second kappa shape index (κ2) is 7.53. The van der Waals surface area contributed by atoms with Gasteiger partial charge in [0.2, 0.25) is 0 Å². The SMILES string of the molecule is CCCNCc1nccn1CCS(=O)(=O)CCC. The number of rotatable bonds is 9. The molecule has 0 fully saturated rings. The molecular weight excluding hydrogens is 250 g/mol. The van der Waals surface area contributed by atoms with Gasteiger partial charge in [-0.15, -0.1) is 0 Å². The van der Waals surface area contributed by atoms with Crippen LogP contribution in [-0.2, 0) is 22.9 Å². The number of aromatic nitrogens is 2. The number of nitrogens with zero attached hydrogens (tertiary/aromatic N) is 2. The van der Waals surface area contributed by atoms with Crippen LogP contribution in [0.2, 0.25) is 0 Å². The molecule has 0 aliphatic heterocycles. The first kappa shape index (κ1) is 15.2. The van der Waals surface area contributed by atoms with E-state index >= 15 is 0 Å². The molecule has 0 saturated heterocycles. The number of imidazole rings is 1. The Bertz CT molecular complexity index is 440. The Hall–Kier alpha value is -0.880. The topological polar surface area (TPSA) is 64.0 Å². The molecule has 0 unspecified atom stereocenters. The van der Waals surface area contributed by atoms with Crippen molar-refractivity contribution in [1.82, 2.24) is 14.9 Å². The Morgan fingerprint density at radius 1 is 1.28 bits per heavy atom. The van der Waals surface area contributed by atoms with Gasteiger partial charge in [0.05, 0.1) is 12.3 Å². The van der Waals surface area contributed by atoms with E-state index in [0.717, 1.165) is 18.8 Å². The summed E-state index contributed by atoms with van der Waals surface area (Å²) in [4.78, 5) is 4.24. The number of nitrogens with one attached hydrogen (secondary N) is 1. The number of hydrogen-bond acceptors (Lipinski definition) is 4. The van der Waals surface area contributed by atoms with Crippen molar-refractivity contribution in [3.63, 3.8) is 0 Å². The van der Waals surface area contributed by atoms with Gasteiger partial charge in [0.15, 0.2) is 9.84 Å². The molecule has 1 rings (SSSR count). The monoisotopic (exact) mass is 273 g/mol. The fraction of sp³-hybridized carbons (Fsp3) is 0.750. The summed E-state index contributed by atoms with van der Waals surface area (Å²) in [6.07, 6.45) is 5.31. The zero-order chi connectivity index (χ0) is 13.4. The summed E-state index contributed by atoms with van der Waals surface area (Å²) in [6, 6.07) is 0. The van der Waals surface area contributed by atoms with Gasteiger partial charge in [-0.1, -0.05) is 13.8 Å². The lowest BCUT2D eigenvalue weighted by molar-refractivity contribution is 0.577. The molecule has 6 heteroatoms. The molecule has 104 valence electrons. The van der Waals surface area contributed by atoms with E-state index in [1.165, 1.54) is 0 Å². The van der Waals surface area contributed by atoms with Crippen LogP contribution in [0.5, 0.6) is 0 Å². The maximum Gasteiger partial charge on any atom is 0.152 e. The van der Waals surface area contributed by atoms with Crippen LogP contribution < -0.4 is 5.32 Å². The van der Waals surface area contributed by atoms with E-state index < -0.39 is 9.84 Å². The molecule has 1 heterocycles. The lowest BCUT2D eigenvalue weighted by Gasteiger charge is -2.08. The van der Waals surface area contributed by atoms with Crippen molar-refractivity contribution in [3.8, 4) is 0 Å². The van der Waals surface area contributed by atoms with Crippen LogP contribution in [0.25, 0.3) is 0 Å². The van der Waals surface area contributed by atoms with Crippen LogP contribution in [0.1, 0.15) is 32.5 Å². The fourth-order valence-corrected chi connectivity index (χ4v) is 3.04. The molecule has 0 aliphatic rings. The normalized spacial score (nSPS) is 11.9. The van der Waals surface area contributed by atoms with Gasteiger partial charge >= 0.3 is 0 Å². The van der Waals surface area contributed by atoms with E-state index in [0.29, 0.717) is 19.5 Å². The fourth-order valence-electron chi connectivity index (χ4n) is 1.74. The van der Waals surface area contributed by atoms with E-state index in [2.05, 4.69) is 17.2 Å². The highest BCUT2D eigenvalue weighted by molar-refractivity contribution is 7.91. The Morgan fingerprint density at radius 2 is 2.06 bits per heavy atom. The maximum absolute atomic E-state index is 11.6. The summed E-state index contributed by atoms with van der Waals surface area (Å²) in [5.41, 5.74) is 0. The summed E-state index contributed by atoms with van der Waals surface area (Å²) >= 11 is 0. The largest absolute Gasteiger partial charge is 0.333 e. The molecule has 1 aromatic heterocycles. The first-order chi connectivity index (χ1) is 8.59. The molecule has 0 amide bonds. The molecule has 0 bridgehead atoms. The predicted octanol–water partition coefficient (Wildman–Crippen LogP) is 1.21. The highest BCUT2D eigenvalue weighted by Crippen LogP contribution is 2.01. The first-order valence-electron chi connectivity index (χ1n) is 6.50. The molecule has 0 radical (unpaired) electrons. The molecule has 0 spiro atoms. The van der Waals surface area contributed by atoms with Crippen LogP contribution in [0, 0.1) is 0 Å². The minimum absolute atomic E-state index is 0.192. The second-order valence-corrected chi connectivity index (χ2v) is 6.67. The highest BCUT2D eigenvalue weighted by atomic mass is 32.2.